The predicted octanol–water partition coefficient (Wildman–Crippen LogP) is 4.09. The zero-order chi connectivity index (χ0) is 13.2. The maximum Gasteiger partial charge on any atom is 0.123 e. The van der Waals surface area contributed by atoms with E-state index in [1.807, 2.05) is 31.2 Å². The van der Waals surface area contributed by atoms with E-state index in [9.17, 15) is 4.39 Å². The highest BCUT2D eigenvalue weighted by molar-refractivity contribution is 6.30. The summed E-state index contributed by atoms with van der Waals surface area (Å²) in [6.07, 6.45) is 0.663. The van der Waals surface area contributed by atoms with Crippen LogP contribution in [0.3, 0.4) is 0 Å². The molecule has 1 nitrogen and oxygen atoms in total. The second-order valence-electron chi connectivity index (χ2n) is 4.35. The molecule has 0 fully saturated rings. The first-order valence-electron chi connectivity index (χ1n) is 5.87. The summed E-state index contributed by atoms with van der Waals surface area (Å²) in [5.41, 5.74) is 7.39. The van der Waals surface area contributed by atoms with Gasteiger partial charge in [0.1, 0.15) is 5.82 Å². The summed E-state index contributed by atoms with van der Waals surface area (Å²) in [6, 6.07) is 13.8. The molecule has 0 saturated heterocycles. The summed E-state index contributed by atoms with van der Waals surface area (Å²) in [6.45, 7) is 1.98. The van der Waals surface area contributed by atoms with Crippen molar-refractivity contribution in [1.29, 1.82) is 0 Å². The topological polar surface area (TPSA) is 26.0 Å². The van der Waals surface area contributed by atoms with Gasteiger partial charge in [0.2, 0.25) is 0 Å². The molecule has 2 aromatic carbocycles. The average Bonchev–Trinajstić information content (AvgIpc) is 2.38. The van der Waals surface area contributed by atoms with Gasteiger partial charge in [-0.1, -0.05) is 42.8 Å². The maximum absolute atomic E-state index is 13.3. The lowest BCUT2D eigenvalue weighted by Crippen LogP contribution is -2.37. The molecule has 2 rings (SSSR count). The van der Waals surface area contributed by atoms with E-state index >= 15 is 0 Å². The Morgan fingerprint density at radius 2 is 1.72 bits per heavy atom. The fraction of sp³-hybridized carbons (Fsp3) is 0.200. The summed E-state index contributed by atoms with van der Waals surface area (Å²) in [5.74, 6) is -0.280. The normalized spacial score (nSPS) is 14.2. The number of nitrogens with two attached hydrogens (primary N) is 1. The van der Waals surface area contributed by atoms with Crippen molar-refractivity contribution in [3.8, 4) is 0 Å². The number of benzene rings is 2. The van der Waals surface area contributed by atoms with Crippen molar-refractivity contribution < 1.29 is 4.39 Å². The first-order valence-corrected chi connectivity index (χ1v) is 6.25. The van der Waals surface area contributed by atoms with Crippen molar-refractivity contribution in [2.24, 2.45) is 5.73 Å². The molecule has 0 radical (unpaired) electrons. The summed E-state index contributed by atoms with van der Waals surface area (Å²) >= 11 is 6.00. The minimum atomic E-state index is -0.715. The van der Waals surface area contributed by atoms with Gasteiger partial charge >= 0.3 is 0 Å². The zero-order valence-electron chi connectivity index (χ0n) is 10.2. The minimum absolute atomic E-state index is 0.280. The molecule has 0 aromatic heterocycles. The molecule has 2 aromatic rings. The van der Waals surface area contributed by atoms with Gasteiger partial charge in [0, 0.05) is 5.02 Å². The fourth-order valence-corrected chi connectivity index (χ4v) is 2.30. The van der Waals surface area contributed by atoms with Crippen LogP contribution in [0.15, 0.2) is 48.5 Å². The number of hydrogen-bond donors (Lipinski definition) is 1. The first-order chi connectivity index (χ1) is 8.56. The molecule has 0 aliphatic rings. The van der Waals surface area contributed by atoms with Gasteiger partial charge in [0.05, 0.1) is 5.54 Å². The second-order valence-corrected chi connectivity index (χ2v) is 4.78. The highest BCUT2D eigenvalue weighted by Crippen LogP contribution is 2.31. The number of rotatable bonds is 3. The fourth-order valence-electron chi connectivity index (χ4n) is 2.11. The van der Waals surface area contributed by atoms with Crippen molar-refractivity contribution in [3.63, 3.8) is 0 Å². The van der Waals surface area contributed by atoms with Crippen LogP contribution >= 0.6 is 11.6 Å². The quantitative estimate of drug-likeness (QED) is 0.887. The molecule has 2 N–H and O–H groups in total. The Kier molecular flexibility index (Phi) is 3.69. The molecule has 0 bridgehead atoms. The second kappa shape index (κ2) is 5.09. The third-order valence-corrected chi connectivity index (χ3v) is 3.47. The molecule has 0 spiro atoms. The van der Waals surface area contributed by atoms with Crippen LogP contribution in [-0.2, 0) is 5.54 Å². The average molecular weight is 264 g/mol. The van der Waals surface area contributed by atoms with Crippen LogP contribution in [-0.4, -0.2) is 0 Å². The molecule has 1 atom stereocenters. The highest BCUT2D eigenvalue weighted by atomic mass is 35.5. The van der Waals surface area contributed by atoms with Gasteiger partial charge in [0.15, 0.2) is 0 Å². The lowest BCUT2D eigenvalue weighted by atomic mass is 9.81. The van der Waals surface area contributed by atoms with Crippen molar-refractivity contribution in [3.05, 3.63) is 70.5 Å². The minimum Gasteiger partial charge on any atom is -0.318 e. The van der Waals surface area contributed by atoms with Crippen molar-refractivity contribution in [1.82, 2.24) is 0 Å². The smallest absolute Gasteiger partial charge is 0.123 e. The van der Waals surface area contributed by atoms with E-state index in [4.69, 9.17) is 17.3 Å². The zero-order valence-corrected chi connectivity index (χ0v) is 10.9. The van der Waals surface area contributed by atoms with Gasteiger partial charge < -0.3 is 5.73 Å². The van der Waals surface area contributed by atoms with Gasteiger partial charge in [-0.25, -0.2) is 4.39 Å². The lowest BCUT2D eigenvalue weighted by Gasteiger charge is -2.29. The molecular formula is C15H15ClFN. The molecule has 18 heavy (non-hydrogen) atoms. The van der Waals surface area contributed by atoms with Crippen LogP contribution < -0.4 is 5.73 Å². The van der Waals surface area contributed by atoms with Gasteiger partial charge in [-0.2, -0.15) is 0 Å². The number of hydrogen-bond acceptors (Lipinski definition) is 1. The van der Waals surface area contributed by atoms with Crippen LogP contribution in [0.4, 0.5) is 4.39 Å². The van der Waals surface area contributed by atoms with Crippen molar-refractivity contribution >= 4 is 11.6 Å². The van der Waals surface area contributed by atoms with Gasteiger partial charge in [-0.05, 0) is 41.8 Å². The summed E-state index contributed by atoms with van der Waals surface area (Å²) in [5, 5.41) is 0.632. The van der Waals surface area contributed by atoms with E-state index in [-0.39, 0.29) is 5.82 Å². The van der Waals surface area contributed by atoms with Gasteiger partial charge in [-0.3, -0.25) is 0 Å². The predicted molar refractivity (Wildman–Crippen MR) is 73.1 cm³/mol. The highest BCUT2D eigenvalue weighted by Gasteiger charge is 2.28. The lowest BCUT2D eigenvalue weighted by molar-refractivity contribution is 0.512. The third-order valence-electron chi connectivity index (χ3n) is 3.24. The summed E-state index contributed by atoms with van der Waals surface area (Å²) in [7, 11) is 0. The Balaban J connectivity index is 2.54. The molecule has 0 amide bonds. The van der Waals surface area contributed by atoms with E-state index in [1.165, 1.54) is 12.1 Å². The molecular weight excluding hydrogens is 249 g/mol. The molecule has 0 heterocycles. The summed E-state index contributed by atoms with van der Waals surface area (Å²) < 4.78 is 13.3. The van der Waals surface area contributed by atoms with Crippen LogP contribution in [0.1, 0.15) is 24.5 Å². The maximum atomic E-state index is 13.3. The Labute approximate surface area is 111 Å². The molecule has 1 unspecified atom stereocenters. The van der Waals surface area contributed by atoms with Crippen LogP contribution in [0.25, 0.3) is 0 Å². The van der Waals surface area contributed by atoms with E-state index in [0.717, 1.165) is 11.1 Å². The molecule has 0 saturated carbocycles. The van der Waals surface area contributed by atoms with Crippen LogP contribution in [0, 0.1) is 5.82 Å². The van der Waals surface area contributed by atoms with Gasteiger partial charge in [0.25, 0.3) is 0 Å². The molecule has 0 aliphatic carbocycles. The Morgan fingerprint density at radius 1 is 1.11 bits per heavy atom. The Bertz CT molecular complexity index is 508. The Hall–Kier alpha value is -1.38. The summed E-state index contributed by atoms with van der Waals surface area (Å²) in [4.78, 5) is 0. The van der Waals surface area contributed by atoms with Crippen molar-refractivity contribution in [2.45, 2.75) is 18.9 Å². The molecule has 0 aliphatic heterocycles. The largest absolute Gasteiger partial charge is 0.318 e. The SMILES string of the molecule is CCC(N)(c1cccc(F)c1)c1cccc(Cl)c1. The third kappa shape index (κ3) is 2.40. The van der Waals surface area contributed by atoms with E-state index in [0.29, 0.717) is 11.4 Å². The first kappa shape index (κ1) is 13.1. The van der Waals surface area contributed by atoms with Crippen LogP contribution in [0.2, 0.25) is 5.02 Å². The molecule has 94 valence electrons. The number of halogens is 2. The van der Waals surface area contributed by atoms with Crippen LogP contribution in [0.5, 0.6) is 0 Å². The Morgan fingerprint density at radius 3 is 2.28 bits per heavy atom. The van der Waals surface area contributed by atoms with E-state index in [2.05, 4.69) is 0 Å². The van der Waals surface area contributed by atoms with Crippen molar-refractivity contribution in [2.75, 3.05) is 0 Å². The monoisotopic (exact) mass is 263 g/mol. The van der Waals surface area contributed by atoms with Gasteiger partial charge in [-0.15, -0.1) is 0 Å². The van der Waals surface area contributed by atoms with E-state index < -0.39 is 5.54 Å². The standard InChI is InChI=1S/C15H15ClFN/c1-2-15(18,11-5-3-7-13(16)9-11)12-6-4-8-14(17)10-12/h3-10H,2,18H2,1H3. The van der Waals surface area contributed by atoms with E-state index in [1.54, 1.807) is 12.1 Å². The molecule has 3 heteroatoms.